The van der Waals surface area contributed by atoms with Crippen LogP contribution in [0.3, 0.4) is 0 Å². The Labute approximate surface area is 146 Å². The molecule has 3 rings (SSSR count). The van der Waals surface area contributed by atoms with E-state index < -0.39 is 0 Å². The second kappa shape index (κ2) is 7.72. The van der Waals surface area contributed by atoms with Gasteiger partial charge < -0.3 is 10.4 Å². The molecule has 0 aliphatic rings. The Morgan fingerprint density at radius 1 is 1.12 bits per heavy atom. The number of amides is 1. The summed E-state index contributed by atoms with van der Waals surface area (Å²) in [7, 11) is 0. The van der Waals surface area contributed by atoms with Crippen molar-refractivity contribution in [3.05, 3.63) is 66.5 Å². The van der Waals surface area contributed by atoms with E-state index in [0.717, 1.165) is 11.3 Å². The fourth-order valence-corrected chi connectivity index (χ4v) is 2.34. The van der Waals surface area contributed by atoms with Crippen LogP contribution in [-0.4, -0.2) is 38.9 Å². The molecule has 6 nitrogen and oxygen atoms in total. The van der Waals surface area contributed by atoms with Crippen LogP contribution in [0.5, 0.6) is 0 Å². The maximum atomic E-state index is 12.4. The molecule has 0 bridgehead atoms. The monoisotopic (exact) mass is 336 g/mol. The molecule has 0 saturated heterocycles. The number of aromatic nitrogens is 3. The number of hydrogen-bond donors (Lipinski definition) is 2. The molecule has 0 aliphatic heterocycles. The zero-order valence-electron chi connectivity index (χ0n) is 14.0. The zero-order chi connectivity index (χ0) is 17.6. The van der Waals surface area contributed by atoms with E-state index in [1.807, 2.05) is 67.6 Å². The predicted molar refractivity (Wildman–Crippen MR) is 95.4 cm³/mol. The van der Waals surface area contributed by atoms with Crippen molar-refractivity contribution in [1.82, 2.24) is 20.1 Å². The number of carbonyl (C=O) groups is 1. The third kappa shape index (κ3) is 3.92. The van der Waals surface area contributed by atoms with Crippen molar-refractivity contribution in [1.29, 1.82) is 0 Å². The SMILES string of the molecule is CC(CO)CNC(=O)c1nc(-c2ccccc2)n(-c2ccccc2)n1. The van der Waals surface area contributed by atoms with Gasteiger partial charge in [0.2, 0.25) is 5.82 Å². The molecule has 0 fully saturated rings. The molecule has 1 unspecified atom stereocenters. The highest BCUT2D eigenvalue weighted by atomic mass is 16.3. The van der Waals surface area contributed by atoms with Crippen LogP contribution in [0, 0.1) is 5.92 Å². The highest BCUT2D eigenvalue weighted by Gasteiger charge is 2.18. The first-order valence-electron chi connectivity index (χ1n) is 8.16. The van der Waals surface area contributed by atoms with E-state index in [1.165, 1.54) is 0 Å². The molecule has 0 radical (unpaired) electrons. The van der Waals surface area contributed by atoms with E-state index >= 15 is 0 Å². The van der Waals surface area contributed by atoms with Crippen molar-refractivity contribution in [3.8, 4) is 17.1 Å². The second-order valence-electron chi connectivity index (χ2n) is 5.87. The molecule has 2 aromatic carbocycles. The van der Waals surface area contributed by atoms with Crippen molar-refractivity contribution >= 4 is 5.91 Å². The molecule has 1 aromatic heterocycles. The van der Waals surface area contributed by atoms with Gasteiger partial charge in [-0.3, -0.25) is 4.79 Å². The molecule has 1 atom stereocenters. The molecule has 25 heavy (non-hydrogen) atoms. The van der Waals surface area contributed by atoms with Crippen LogP contribution in [-0.2, 0) is 0 Å². The van der Waals surface area contributed by atoms with Gasteiger partial charge in [-0.25, -0.2) is 9.67 Å². The number of benzene rings is 2. The molecule has 1 heterocycles. The van der Waals surface area contributed by atoms with Gasteiger partial charge in [0.1, 0.15) is 0 Å². The molecule has 0 saturated carbocycles. The number of para-hydroxylation sites is 1. The number of nitrogens with zero attached hydrogens (tertiary/aromatic N) is 3. The van der Waals surface area contributed by atoms with Crippen LogP contribution >= 0.6 is 0 Å². The lowest BCUT2D eigenvalue weighted by atomic mass is 10.2. The molecular weight excluding hydrogens is 316 g/mol. The van der Waals surface area contributed by atoms with E-state index in [-0.39, 0.29) is 24.3 Å². The molecule has 0 aliphatic carbocycles. The fourth-order valence-electron chi connectivity index (χ4n) is 2.34. The first kappa shape index (κ1) is 16.9. The summed E-state index contributed by atoms with van der Waals surface area (Å²) in [5.74, 6) is 0.334. The van der Waals surface area contributed by atoms with Gasteiger partial charge in [-0.15, -0.1) is 5.10 Å². The van der Waals surface area contributed by atoms with Gasteiger partial charge in [0.05, 0.1) is 5.69 Å². The smallest absolute Gasteiger partial charge is 0.291 e. The number of aliphatic hydroxyl groups excluding tert-OH is 1. The van der Waals surface area contributed by atoms with E-state index in [1.54, 1.807) is 4.68 Å². The van der Waals surface area contributed by atoms with E-state index in [0.29, 0.717) is 12.4 Å². The molecule has 128 valence electrons. The summed E-state index contributed by atoms with van der Waals surface area (Å²) in [6, 6.07) is 19.2. The summed E-state index contributed by atoms with van der Waals surface area (Å²) < 4.78 is 1.67. The van der Waals surface area contributed by atoms with Crippen molar-refractivity contribution in [2.24, 2.45) is 5.92 Å². The largest absolute Gasteiger partial charge is 0.396 e. The number of aliphatic hydroxyl groups is 1. The lowest BCUT2D eigenvalue weighted by Gasteiger charge is -2.07. The topological polar surface area (TPSA) is 80.0 Å². The van der Waals surface area contributed by atoms with Crippen molar-refractivity contribution < 1.29 is 9.90 Å². The summed E-state index contributed by atoms with van der Waals surface area (Å²) in [6.45, 7) is 2.24. The first-order chi connectivity index (χ1) is 12.2. The Morgan fingerprint density at radius 2 is 1.76 bits per heavy atom. The van der Waals surface area contributed by atoms with E-state index in [9.17, 15) is 4.79 Å². The van der Waals surface area contributed by atoms with Crippen LogP contribution in [0.1, 0.15) is 17.5 Å². The van der Waals surface area contributed by atoms with Gasteiger partial charge in [0, 0.05) is 18.7 Å². The van der Waals surface area contributed by atoms with Crippen molar-refractivity contribution in [2.45, 2.75) is 6.92 Å². The van der Waals surface area contributed by atoms with Crippen LogP contribution in [0.4, 0.5) is 0 Å². The normalized spacial score (nSPS) is 11.9. The van der Waals surface area contributed by atoms with Gasteiger partial charge >= 0.3 is 0 Å². The zero-order valence-corrected chi connectivity index (χ0v) is 14.0. The fraction of sp³-hybridized carbons (Fsp3) is 0.211. The quantitative estimate of drug-likeness (QED) is 0.724. The van der Waals surface area contributed by atoms with Gasteiger partial charge in [-0.1, -0.05) is 55.5 Å². The van der Waals surface area contributed by atoms with Crippen molar-refractivity contribution in [2.75, 3.05) is 13.2 Å². The highest BCUT2D eigenvalue weighted by Crippen LogP contribution is 2.20. The van der Waals surface area contributed by atoms with Gasteiger partial charge in [0.15, 0.2) is 5.82 Å². The van der Waals surface area contributed by atoms with E-state index in [2.05, 4.69) is 15.4 Å². The average Bonchev–Trinajstić information content (AvgIpc) is 3.12. The Balaban J connectivity index is 1.96. The summed E-state index contributed by atoms with van der Waals surface area (Å²) in [6.07, 6.45) is 0. The first-order valence-corrected chi connectivity index (χ1v) is 8.16. The number of carbonyl (C=O) groups excluding carboxylic acids is 1. The third-order valence-electron chi connectivity index (χ3n) is 3.77. The lowest BCUT2D eigenvalue weighted by Crippen LogP contribution is -2.30. The summed E-state index contributed by atoms with van der Waals surface area (Å²) in [5.41, 5.74) is 1.71. The summed E-state index contributed by atoms with van der Waals surface area (Å²) in [4.78, 5) is 16.8. The number of nitrogens with one attached hydrogen (secondary N) is 1. The Kier molecular flexibility index (Phi) is 5.20. The molecule has 1 amide bonds. The van der Waals surface area contributed by atoms with Crippen LogP contribution in [0.15, 0.2) is 60.7 Å². The molecule has 3 aromatic rings. The minimum absolute atomic E-state index is 0.0153. The maximum absolute atomic E-state index is 12.4. The van der Waals surface area contributed by atoms with Gasteiger partial charge in [-0.05, 0) is 18.1 Å². The van der Waals surface area contributed by atoms with Crippen LogP contribution in [0.2, 0.25) is 0 Å². The highest BCUT2D eigenvalue weighted by molar-refractivity contribution is 5.91. The standard InChI is InChI=1S/C19H20N4O2/c1-14(13-24)12-20-19(25)17-21-18(15-8-4-2-5-9-15)23(22-17)16-10-6-3-7-11-16/h2-11,14,24H,12-13H2,1H3,(H,20,25). The Morgan fingerprint density at radius 3 is 2.40 bits per heavy atom. The van der Waals surface area contributed by atoms with Gasteiger partial charge in [-0.2, -0.15) is 0 Å². The average molecular weight is 336 g/mol. The predicted octanol–water partition coefficient (Wildman–Crippen LogP) is 2.29. The number of hydrogen-bond acceptors (Lipinski definition) is 4. The molecule has 2 N–H and O–H groups in total. The lowest BCUT2D eigenvalue weighted by molar-refractivity contribution is 0.0932. The maximum Gasteiger partial charge on any atom is 0.291 e. The van der Waals surface area contributed by atoms with Crippen molar-refractivity contribution in [3.63, 3.8) is 0 Å². The minimum Gasteiger partial charge on any atom is -0.396 e. The molecule has 6 heteroatoms. The number of rotatable bonds is 6. The molecule has 0 spiro atoms. The van der Waals surface area contributed by atoms with Crippen LogP contribution < -0.4 is 5.32 Å². The van der Waals surface area contributed by atoms with Crippen LogP contribution in [0.25, 0.3) is 17.1 Å². The van der Waals surface area contributed by atoms with Gasteiger partial charge in [0.25, 0.3) is 5.91 Å². The second-order valence-corrected chi connectivity index (χ2v) is 5.87. The third-order valence-corrected chi connectivity index (χ3v) is 3.77. The Bertz CT molecular complexity index is 774. The van der Waals surface area contributed by atoms with E-state index in [4.69, 9.17) is 5.11 Å². The molecular formula is C19H20N4O2. The minimum atomic E-state index is -0.354. The summed E-state index contributed by atoms with van der Waals surface area (Å²) in [5, 5.41) is 16.2. The summed E-state index contributed by atoms with van der Waals surface area (Å²) >= 11 is 0. The Hall–Kier alpha value is -2.99.